The molecule has 0 radical (unpaired) electrons. The van der Waals surface area contributed by atoms with Crippen molar-refractivity contribution in [2.75, 3.05) is 31.2 Å². The number of aromatic nitrogens is 1. The van der Waals surface area contributed by atoms with Gasteiger partial charge < -0.3 is 29.6 Å². The number of carbonyl (C=O) groups is 3. The third-order valence-corrected chi connectivity index (χ3v) is 19.1. The summed E-state index contributed by atoms with van der Waals surface area (Å²) in [5.74, 6) is 0.455. The summed E-state index contributed by atoms with van der Waals surface area (Å²) in [5.41, 5.74) is 7.19. The second kappa shape index (κ2) is 14.1. The van der Waals surface area contributed by atoms with E-state index in [1.807, 2.05) is 13.8 Å². The molecule has 2 aromatic rings. The molecule has 2 saturated heterocycles. The van der Waals surface area contributed by atoms with Crippen molar-refractivity contribution in [3.8, 4) is 0 Å². The molecule has 334 valence electrons. The molecular formula is C53H70N2O7. The number of nitrogens with one attached hydrogen (secondary N) is 1. The van der Waals surface area contributed by atoms with Crippen molar-refractivity contribution in [3.05, 3.63) is 63.5 Å². The number of ether oxygens (including phenoxy) is 2. The van der Waals surface area contributed by atoms with E-state index in [-0.39, 0.29) is 35.1 Å². The SMILES string of the molecule is Cc1cc(C(C=O)=C2CN3C[C@@H]4C5=C(C(=O)C[C@]5(C)[C@@]5(C)CC[C@H]6C(C)(C)C(=O)CC[C@]6(C)[C@@H]5[C@@H]4O)[C@](C)(C[C@@H](O)[C@@H]4OC4(C)C)CCc4c[nH]c2c43)cc(C2CCOCC2)c1. The largest absolute Gasteiger partial charge is 0.392 e. The van der Waals surface area contributed by atoms with Gasteiger partial charge in [-0.2, -0.15) is 0 Å². The molecule has 1 aromatic heterocycles. The molecule has 4 aliphatic carbocycles. The lowest BCUT2D eigenvalue weighted by molar-refractivity contribution is -0.218. The Balaban J connectivity index is 1.14. The fourth-order valence-corrected chi connectivity index (χ4v) is 15.9. The molecule has 9 heteroatoms. The first-order valence-electron chi connectivity index (χ1n) is 23.9. The predicted octanol–water partition coefficient (Wildman–Crippen LogP) is 8.72. The highest BCUT2D eigenvalue weighted by atomic mass is 16.6. The summed E-state index contributed by atoms with van der Waals surface area (Å²) in [7, 11) is 0. The maximum Gasteiger partial charge on any atom is 0.160 e. The summed E-state index contributed by atoms with van der Waals surface area (Å²) in [6.45, 7) is 22.1. The van der Waals surface area contributed by atoms with Gasteiger partial charge in [-0.15, -0.1) is 0 Å². The molecule has 10 atom stereocenters. The van der Waals surface area contributed by atoms with Gasteiger partial charge in [0.05, 0.1) is 29.2 Å². The first-order valence-corrected chi connectivity index (χ1v) is 23.9. The van der Waals surface area contributed by atoms with Crippen molar-refractivity contribution < 1.29 is 34.1 Å². The maximum absolute atomic E-state index is 15.3. The van der Waals surface area contributed by atoms with Crippen molar-refractivity contribution in [2.45, 2.75) is 156 Å². The molecule has 9 nitrogen and oxygen atoms in total. The number of allylic oxidation sites excluding steroid dienone is 2. The zero-order chi connectivity index (χ0) is 44.1. The minimum atomic E-state index is -0.775. The number of aliphatic hydroxyl groups is 2. The molecule has 5 heterocycles. The number of benzene rings is 1. The number of carbonyl (C=O) groups excluding carboxylic acids is 3. The number of anilines is 1. The van der Waals surface area contributed by atoms with Crippen LogP contribution in [0.25, 0.3) is 11.1 Å². The van der Waals surface area contributed by atoms with Crippen LogP contribution in [0.1, 0.15) is 147 Å². The van der Waals surface area contributed by atoms with Gasteiger partial charge in [-0.1, -0.05) is 65.3 Å². The number of rotatable bonds is 6. The zero-order valence-electron chi connectivity index (χ0n) is 38.7. The maximum atomic E-state index is 15.3. The molecule has 5 fully saturated rings. The van der Waals surface area contributed by atoms with Crippen LogP contribution < -0.4 is 4.90 Å². The van der Waals surface area contributed by atoms with Crippen LogP contribution in [0, 0.1) is 51.8 Å². The molecule has 4 aliphatic heterocycles. The number of aliphatic hydroxyl groups excluding tert-OH is 2. The Morgan fingerprint density at radius 1 is 0.984 bits per heavy atom. The van der Waals surface area contributed by atoms with Gasteiger partial charge >= 0.3 is 0 Å². The molecule has 0 bridgehead atoms. The van der Waals surface area contributed by atoms with Crippen LogP contribution in [0.15, 0.2) is 35.5 Å². The third kappa shape index (κ3) is 5.95. The number of ketones is 2. The highest BCUT2D eigenvalue weighted by Crippen LogP contribution is 2.75. The van der Waals surface area contributed by atoms with Crippen LogP contribution in [0.5, 0.6) is 0 Å². The Kier molecular flexibility index (Phi) is 9.66. The lowest BCUT2D eigenvalue weighted by Gasteiger charge is -2.70. The molecule has 10 rings (SSSR count). The number of epoxide rings is 1. The van der Waals surface area contributed by atoms with Crippen LogP contribution in [0.4, 0.5) is 5.69 Å². The van der Waals surface area contributed by atoms with Crippen molar-refractivity contribution in [1.29, 1.82) is 0 Å². The second-order valence-electron chi connectivity index (χ2n) is 23.4. The van der Waals surface area contributed by atoms with E-state index in [0.29, 0.717) is 62.5 Å². The fraction of sp³-hybridized carbons (Fsp3) is 0.679. The van der Waals surface area contributed by atoms with Gasteiger partial charge in [-0.05, 0) is 128 Å². The van der Waals surface area contributed by atoms with Crippen molar-refractivity contribution in [2.24, 2.45) is 44.8 Å². The van der Waals surface area contributed by atoms with Gasteiger partial charge in [0.25, 0.3) is 0 Å². The van der Waals surface area contributed by atoms with E-state index < -0.39 is 39.5 Å². The van der Waals surface area contributed by atoms with E-state index in [2.05, 4.69) is 82.7 Å². The molecule has 8 aliphatic rings. The molecule has 1 aromatic carbocycles. The number of fused-ring (bicyclic) bond motifs is 4. The lowest BCUT2D eigenvalue weighted by Crippen LogP contribution is -2.68. The first-order chi connectivity index (χ1) is 29.2. The van der Waals surface area contributed by atoms with Gasteiger partial charge in [-0.25, -0.2) is 0 Å². The number of nitrogens with zero attached hydrogens (tertiary/aromatic N) is 1. The molecule has 62 heavy (non-hydrogen) atoms. The van der Waals surface area contributed by atoms with E-state index in [4.69, 9.17) is 9.47 Å². The molecule has 3 N–H and O–H groups in total. The number of hydrogen-bond donors (Lipinski definition) is 3. The average molecular weight is 847 g/mol. The highest BCUT2D eigenvalue weighted by Gasteiger charge is 2.73. The van der Waals surface area contributed by atoms with Crippen molar-refractivity contribution in [3.63, 3.8) is 0 Å². The van der Waals surface area contributed by atoms with Crippen LogP contribution in [0.3, 0.4) is 0 Å². The molecular weight excluding hydrogens is 777 g/mol. The average Bonchev–Trinajstić information content (AvgIpc) is 3.46. The Hall–Kier alpha value is -3.37. The summed E-state index contributed by atoms with van der Waals surface area (Å²) < 4.78 is 11.7. The highest BCUT2D eigenvalue weighted by molar-refractivity contribution is 6.19. The number of aromatic amines is 1. The molecule has 0 spiro atoms. The minimum absolute atomic E-state index is 0.122. The lowest BCUT2D eigenvalue weighted by atomic mass is 9.34. The Bertz CT molecular complexity index is 2310. The normalized spacial score (nSPS) is 39.7. The third-order valence-electron chi connectivity index (χ3n) is 19.1. The Morgan fingerprint density at radius 2 is 1.71 bits per heavy atom. The summed E-state index contributed by atoms with van der Waals surface area (Å²) in [5, 5.41) is 25.5. The van der Waals surface area contributed by atoms with Crippen LogP contribution in [-0.2, 0) is 30.3 Å². The standard InChI is InChI=1S/C53H70N2O7/c1-29-20-32(30-13-18-61-19-14-30)22-33(21-29)36(28-56)34-26-55-27-35-41-42(50(6,23-38(58)47-49(4,5)62-47)15-10-31-25-54-43(34)44(31)55)37(57)24-53(41,9)52(8)17-11-39-48(2,3)40(59)12-16-51(39,7)46(52)45(35)60/h20-22,25,28,30,35,38-39,45-47,54,58,60H,10-19,23-24,26-27H2,1-9H3/t35-,38-,39+,45-,46+,47+,50+,51+,52+,53+/m1/s1. The first kappa shape index (κ1) is 42.6. The van der Waals surface area contributed by atoms with Gasteiger partial charge in [0, 0.05) is 78.8 Å². The molecule has 3 saturated carbocycles. The zero-order valence-corrected chi connectivity index (χ0v) is 38.7. The summed E-state index contributed by atoms with van der Waals surface area (Å²) >= 11 is 0. The number of aldehydes is 1. The van der Waals surface area contributed by atoms with E-state index in [0.717, 1.165) is 96.4 Å². The summed E-state index contributed by atoms with van der Waals surface area (Å²) in [6.07, 6.45) is 8.27. The second-order valence-corrected chi connectivity index (χ2v) is 23.4. The molecule has 0 amide bonds. The van der Waals surface area contributed by atoms with Crippen molar-refractivity contribution in [1.82, 2.24) is 4.98 Å². The Labute approximate surface area is 368 Å². The smallest absolute Gasteiger partial charge is 0.160 e. The van der Waals surface area contributed by atoms with Crippen LogP contribution >= 0.6 is 0 Å². The summed E-state index contributed by atoms with van der Waals surface area (Å²) in [4.78, 5) is 48.4. The quantitative estimate of drug-likeness (QED) is 0.150. The van der Waals surface area contributed by atoms with E-state index in [1.165, 1.54) is 5.56 Å². The van der Waals surface area contributed by atoms with E-state index >= 15 is 4.79 Å². The van der Waals surface area contributed by atoms with Crippen LogP contribution in [-0.4, -0.2) is 83.3 Å². The van der Waals surface area contributed by atoms with Gasteiger partial charge in [-0.3, -0.25) is 14.4 Å². The van der Waals surface area contributed by atoms with Gasteiger partial charge in [0.1, 0.15) is 11.9 Å². The number of Topliss-reactive ketones (excluding diaryl/α,β-unsaturated/α-hetero) is 2. The van der Waals surface area contributed by atoms with Gasteiger partial charge in [0.15, 0.2) is 12.1 Å². The number of hydrogen-bond acceptors (Lipinski definition) is 8. The minimum Gasteiger partial charge on any atom is -0.392 e. The topological polar surface area (TPSA) is 132 Å². The van der Waals surface area contributed by atoms with Gasteiger partial charge in [0.2, 0.25) is 0 Å². The van der Waals surface area contributed by atoms with Crippen LogP contribution in [0.2, 0.25) is 0 Å². The predicted molar refractivity (Wildman–Crippen MR) is 241 cm³/mol. The fourth-order valence-electron chi connectivity index (χ4n) is 15.9. The number of aryl methyl sites for hydroxylation is 2. The van der Waals surface area contributed by atoms with Crippen molar-refractivity contribution >= 4 is 34.7 Å². The molecule has 0 unspecified atom stereocenters. The Morgan fingerprint density at radius 3 is 2.40 bits per heavy atom. The number of H-pyrrole nitrogens is 1. The van der Waals surface area contributed by atoms with E-state index in [9.17, 15) is 19.8 Å². The monoisotopic (exact) mass is 847 g/mol. The van der Waals surface area contributed by atoms with E-state index in [1.54, 1.807) is 0 Å². The summed E-state index contributed by atoms with van der Waals surface area (Å²) in [6, 6.07) is 6.61.